The number of esters is 2. The Labute approximate surface area is 102 Å². The topological polar surface area (TPSA) is 105 Å². The van der Waals surface area contributed by atoms with Crippen LogP contribution in [0.5, 0.6) is 0 Å². The summed E-state index contributed by atoms with van der Waals surface area (Å²) in [5.74, 6) is -0.785. The molecule has 4 N–H and O–H groups in total. The number of hydrogen-bond donors (Lipinski definition) is 2. The lowest BCUT2D eigenvalue weighted by Crippen LogP contribution is -2.32. The van der Waals surface area contributed by atoms with Crippen LogP contribution in [-0.2, 0) is 19.1 Å². The Kier molecular flexibility index (Phi) is 8.35. The van der Waals surface area contributed by atoms with Crippen molar-refractivity contribution in [3.63, 3.8) is 0 Å². The highest BCUT2D eigenvalue weighted by molar-refractivity contribution is 5.75. The predicted octanol–water partition coefficient (Wildman–Crippen LogP) is -0.0625. The van der Waals surface area contributed by atoms with E-state index in [9.17, 15) is 9.59 Å². The molecule has 0 amide bonds. The van der Waals surface area contributed by atoms with Crippen molar-refractivity contribution >= 4 is 11.9 Å². The molecule has 0 saturated heterocycles. The first kappa shape index (κ1) is 15.9. The lowest BCUT2D eigenvalue weighted by molar-refractivity contribution is -0.143. The monoisotopic (exact) mass is 246 g/mol. The molecular formula is C11H22N2O4. The summed E-state index contributed by atoms with van der Waals surface area (Å²) in [4.78, 5) is 22.0. The largest absolute Gasteiger partial charge is 0.468 e. The third-order valence-corrected chi connectivity index (χ3v) is 2.54. The van der Waals surface area contributed by atoms with E-state index in [-0.39, 0.29) is 0 Å². The minimum absolute atomic E-state index is 0.392. The molecular weight excluding hydrogens is 224 g/mol. The maximum atomic E-state index is 11.0. The summed E-state index contributed by atoms with van der Waals surface area (Å²) in [5.41, 5.74) is 11.1. The molecule has 0 aliphatic heterocycles. The Morgan fingerprint density at radius 2 is 1.24 bits per heavy atom. The molecule has 2 unspecified atom stereocenters. The number of unbranched alkanes of at least 4 members (excludes halogenated alkanes) is 2. The highest BCUT2D eigenvalue weighted by atomic mass is 16.5. The number of rotatable bonds is 8. The smallest absolute Gasteiger partial charge is 0.322 e. The highest BCUT2D eigenvalue weighted by Gasteiger charge is 2.14. The van der Waals surface area contributed by atoms with Gasteiger partial charge in [-0.2, -0.15) is 0 Å². The first-order chi connectivity index (χ1) is 8.02. The van der Waals surface area contributed by atoms with Crippen molar-refractivity contribution in [2.75, 3.05) is 14.2 Å². The SMILES string of the molecule is COC(=O)C(N)CCCCCC(N)C(=O)OC. The van der Waals surface area contributed by atoms with E-state index in [2.05, 4.69) is 9.47 Å². The Hall–Kier alpha value is -1.14. The Balaban J connectivity index is 3.53. The zero-order valence-electron chi connectivity index (χ0n) is 10.5. The summed E-state index contributed by atoms with van der Waals surface area (Å²) in [6, 6.07) is -1.12. The molecule has 100 valence electrons. The molecule has 0 aliphatic rings. The van der Waals surface area contributed by atoms with Gasteiger partial charge in [-0.3, -0.25) is 9.59 Å². The van der Waals surface area contributed by atoms with Gasteiger partial charge in [-0.1, -0.05) is 19.3 Å². The summed E-state index contributed by atoms with van der Waals surface area (Å²) in [5, 5.41) is 0. The van der Waals surface area contributed by atoms with E-state index in [0.29, 0.717) is 12.8 Å². The van der Waals surface area contributed by atoms with Gasteiger partial charge < -0.3 is 20.9 Å². The maximum absolute atomic E-state index is 11.0. The highest BCUT2D eigenvalue weighted by Crippen LogP contribution is 2.07. The van der Waals surface area contributed by atoms with E-state index in [0.717, 1.165) is 19.3 Å². The van der Waals surface area contributed by atoms with Crippen molar-refractivity contribution in [2.45, 2.75) is 44.2 Å². The van der Waals surface area contributed by atoms with Crippen LogP contribution >= 0.6 is 0 Å². The minimum atomic E-state index is -0.561. The summed E-state index contributed by atoms with van der Waals surface area (Å²) < 4.78 is 9.02. The number of carbonyl (C=O) groups excluding carboxylic acids is 2. The molecule has 0 aliphatic carbocycles. The van der Waals surface area contributed by atoms with Gasteiger partial charge in [0.15, 0.2) is 0 Å². The zero-order chi connectivity index (χ0) is 13.3. The number of carbonyl (C=O) groups is 2. The van der Waals surface area contributed by atoms with Gasteiger partial charge in [-0.15, -0.1) is 0 Å². The fourth-order valence-electron chi connectivity index (χ4n) is 1.44. The first-order valence-corrected chi connectivity index (χ1v) is 5.69. The lowest BCUT2D eigenvalue weighted by Gasteiger charge is -2.10. The van der Waals surface area contributed by atoms with Crippen LogP contribution in [0.2, 0.25) is 0 Å². The minimum Gasteiger partial charge on any atom is -0.468 e. The van der Waals surface area contributed by atoms with Crippen LogP contribution in [0, 0.1) is 0 Å². The van der Waals surface area contributed by atoms with Crippen LogP contribution < -0.4 is 11.5 Å². The van der Waals surface area contributed by atoms with Crippen LogP contribution in [0.25, 0.3) is 0 Å². The average molecular weight is 246 g/mol. The van der Waals surface area contributed by atoms with Gasteiger partial charge in [0, 0.05) is 0 Å². The zero-order valence-corrected chi connectivity index (χ0v) is 10.5. The number of methoxy groups -OCH3 is 2. The summed E-state index contributed by atoms with van der Waals surface area (Å²) in [6.45, 7) is 0. The van der Waals surface area contributed by atoms with Crippen molar-refractivity contribution in [1.82, 2.24) is 0 Å². The Morgan fingerprint density at radius 3 is 1.53 bits per heavy atom. The second-order valence-corrected chi connectivity index (χ2v) is 3.90. The predicted molar refractivity (Wildman–Crippen MR) is 63.1 cm³/mol. The van der Waals surface area contributed by atoms with E-state index in [1.165, 1.54) is 14.2 Å². The third-order valence-electron chi connectivity index (χ3n) is 2.54. The standard InChI is InChI=1S/C11H22N2O4/c1-16-10(14)8(12)6-4-3-5-7-9(13)11(15)17-2/h8-9H,3-7,12-13H2,1-2H3. The van der Waals surface area contributed by atoms with Crippen molar-refractivity contribution in [1.29, 1.82) is 0 Å². The molecule has 0 bridgehead atoms. The van der Waals surface area contributed by atoms with Crippen molar-refractivity contribution in [2.24, 2.45) is 11.5 Å². The molecule has 0 heterocycles. The van der Waals surface area contributed by atoms with E-state index >= 15 is 0 Å². The van der Waals surface area contributed by atoms with E-state index in [1.807, 2.05) is 0 Å². The third kappa shape index (κ3) is 6.91. The van der Waals surface area contributed by atoms with Crippen molar-refractivity contribution in [3.05, 3.63) is 0 Å². The molecule has 0 rings (SSSR count). The molecule has 0 spiro atoms. The van der Waals surface area contributed by atoms with Gasteiger partial charge in [0.05, 0.1) is 14.2 Å². The first-order valence-electron chi connectivity index (χ1n) is 5.69. The molecule has 6 nitrogen and oxygen atoms in total. The van der Waals surface area contributed by atoms with Gasteiger partial charge in [-0.25, -0.2) is 0 Å². The Bertz CT molecular complexity index is 222. The fraction of sp³-hybridized carbons (Fsp3) is 0.818. The van der Waals surface area contributed by atoms with Crippen molar-refractivity contribution in [3.8, 4) is 0 Å². The van der Waals surface area contributed by atoms with E-state index in [1.54, 1.807) is 0 Å². The average Bonchev–Trinajstić information content (AvgIpc) is 2.35. The molecule has 17 heavy (non-hydrogen) atoms. The van der Waals surface area contributed by atoms with Crippen molar-refractivity contribution < 1.29 is 19.1 Å². The van der Waals surface area contributed by atoms with Gasteiger partial charge in [0.1, 0.15) is 12.1 Å². The maximum Gasteiger partial charge on any atom is 0.322 e. The number of nitrogens with two attached hydrogens (primary N) is 2. The molecule has 0 saturated carbocycles. The van der Waals surface area contributed by atoms with Gasteiger partial charge in [-0.05, 0) is 12.8 Å². The summed E-state index contributed by atoms with van der Waals surface area (Å²) in [6.07, 6.45) is 3.66. The molecule has 6 heteroatoms. The molecule has 2 atom stereocenters. The van der Waals surface area contributed by atoms with E-state index < -0.39 is 24.0 Å². The van der Waals surface area contributed by atoms with Crippen LogP contribution in [-0.4, -0.2) is 38.2 Å². The summed E-state index contributed by atoms with van der Waals surface area (Å²) >= 11 is 0. The van der Waals surface area contributed by atoms with Crippen LogP contribution in [0.4, 0.5) is 0 Å². The second-order valence-electron chi connectivity index (χ2n) is 3.90. The van der Waals surface area contributed by atoms with E-state index in [4.69, 9.17) is 11.5 Å². The quantitative estimate of drug-likeness (QED) is 0.459. The second kappa shape index (κ2) is 8.95. The number of hydrogen-bond acceptors (Lipinski definition) is 6. The normalized spacial score (nSPS) is 13.9. The lowest BCUT2D eigenvalue weighted by atomic mass is 10.1. The molecule has 0 aromatic rings. The molecule has 0 aromatic heterocycles. The van der Waals surface area contributed by atoms with Gasteiger partial charge in [0.2, 0.25) is 0 Å². The van der Waals surface area contributed by atoms with Crippen LogP contribution in [0.3, 0.4) is 0 Å². The van der Waals surface area contributed by atoms with Crippen LogP contribution in [0.1, 0.15) is 32.1 Å². The van der Waals surface area contributed by atoms with Crippen LogP contribution in [0.15, 0.2) is 0 Å². The molecule has 0 aromatic carbocycles. The number of ether oxygens (including phenoxy) is 2. The molecule has 0 radical (unpaired) electrons. The summed E-state index contributed by atoms with van der Waals surface area (Å²) in [7, 11) is 2.63. The van der Waals surface area contributed by atoms with Gasteiger partial charge in [0.25, 0.3) is 0 Å². The Morgan fingerprint density at radius 1 is 0.882 bits per heavy atom. The molecule has 0 fully saturated rings. The fourth-order valence-corrected chi connectivity index (χ4v) is 1.44. The van der Waals surface area contributed by atoms with Gasteiger partial charge >= 0.3 is 11.9 Å².